The molecular formula is C14H15ClN6O5S. The van der Waals surface area contributed by atoms with Crippen LogP contribution in [-0.4, -0.2) is 66.0 Å². The quantitative estimate of drug-likeness (QED) is 0.599. The van der Waals surface area contributed by atoms with Crippen molar-refractivity contribution >= 4 is 45.1 Å². The van der Waals surface area contributed by atoms with Gasteiger partial charge < -0.3 is 10.1 Å². The Bertz CT molecular complexity index is 943. The first-order valence-corrected chi connectivity index (χ1v) is 9.55. The van der Waals surface area contributed by atoms with Crippen molar-refractivity contribution in [1.29, 1.82) is 0 Å². The summed E-state index contributed by atoms with van der Waals surface area (Å²) in [6.45, 7) is 1.06. The number of nitrogens with one attached hydrogen (secondary N) is 3. The van der Waals surface area contributed by atoms with Gasteiger partial charge in [0.05, 0.1) is 28.8 Å². The molecule has 1 saturated heterocycles. The maximum atomic E-state index is 12.7. The second-order valence-electron chi connectivity index (χ2n) is 5.40. The summed E-state index contributed by atoms with van der Waals surface area (Å²) >= 11 is 6.02. The van der Waals surface area contributed by atoms with Crippen molar-refractivity contribution in [1.82, 2.24) is 19.5 Å². The van der Waals surface area contributed by atoms with Crippen LogP contribution >= 0.6 is 11.6 Å². The van der Waals surface area contributed by atoms with E-state index in [1.807, 2.05) is 0 Å². The van der Waals surface area contributed by atoms with Gasteiger partial charge in [0.2, 0.25) is 16.0 Å². The third-order valence-electron chi connectivity index (χ3n) is 3.65. The van der Waals surface area contributed by atoms with Crippen LogP contribution in [0.15, 0.2) is 29.4 Å². The molecule has 3 rings (SSSR count). The lowest BCUT2D eigenvalue weighted by Gasteiger charge is -2.26. The molecule has 0 aliphatic carbocycles. The number of amides is 2. The van der Waals surface area contributed by atoms with Crippen molar-refractivity contribution in [2.24, 2.45) is 0 Å². The van der Waals surface area contributed by atoms with E-state index in [0.29, 0.717) is 13.2 Å². The summed E-state index contributed by atoms with van der Waals surface area (Å²) in [4.78, 5) is 27.5. The number of H-pyrrole nitrogens is 1. The maximum Gasteiger partial charge on any atom is 0.316 e. The minimum Gasteiger partial charge on any atom is -0.379 e. The van der Waals surface area contributed by atoms with E-state index < -0.39 is 21.8 Å². The average molecular weight is 415 g/mol. The maximum absolute atomic E-state index is 12.7. The highest BCUT2D eigenvalue weighted by atomic mass is 35.5. The Morgan fingerprint density at radius 3 is 2.56 bits per heavy atom. The lowest BCUT2D eigenvalue weighted by molar-refractivity contribution is -0.133. The van der Waals surface area contributed by atoms with Gasteiger partial charge in [0.15, 0.2) is 0 Å². The van der Waals surface area contributed by atoms with E-state index in [1.54, 1.807) is 0 Å². The van der Waals surface area contributed by atoms with Gasteiger partial charge in [-0.1, -0.05) is 11.6 Å². The van der Waals surface area contributed by atoms with Crippen LogP contribution in [0.25, 0.3) is 0 Å². The van der Waals surface area contributed by atoms with Crippen LogP contribution in [0, 0.1) is 0 Å². The zero-order valence-electron chi connectivity index (χ0n) is 13.8. The molecule has 0 saturated carbocycles. The predicted molar refractivity (Wildman–Crippen MR) is 94.7 cm³/mol. The SMILES string of the molecule is O=C(Nc1ncn[nH]1)C(=O)Nc1cc(S(=O)(=O)N2CCOCC2)ccc1Cl. The summed E-state index contributed by atoms with van der Waals surface area (Å²) in [5, 5.41) is 10.5. The van der Waals surface area contributed by atoms with Crippen LogP contribution in [-0.2, 0) is 24.3 Å². The van der Waals surface area contributed by atoms with Crippen molar-refractivity contribution < 1.29 is 22.7 Å². The molecule has 0 bridgehead atoms. The topological polar surface area (TPSA) is 146 Å². The van der Waals surface area contributed by atoms with Crippen molar-refractivity contribution in [3.05, 3.63) is 29.5 Å². The highest BCUT2D eigenvalue weighted by molar-refractivity contribution is 7.89. The van der Waals surface area contributed by atoms with Gasteiger partial charge in [-0.15, -0.1) is 0 Å². The van der Waals surface area contributed by atoms with Crippen molar-refractivity contribution in [2.45, 2.75) is 4.90 Å². The Morgan fingerprint density at radius 1 is 1.19 bits per heavy atom. The van der Waals surface area contributed by atoms with Crippen LogP contribution in [0.3, 0.4) is 0 Å². The van der Waals surface area contributed by atoms with E-state index in [0.717, 1.165) is 6.33 Å². The van der Waals surface area contributed by atoms with E-state index in [4.69, 9.17) is 16.3 Å². The van der Waals surface area contributed by atoms with Gasteiger partial charge in [0.25, 0.3) is 0 Å². The predicted octanol–water partition coefficient (Wildman–Crippen LogP) is 0.0562. The van der Waals surface area contributed by atoms with Crippen LogP contribution in [0.4, 0.5) is 11.6 Å². The Kier molecular flexibility index (Phi) is 5.70. The lowest BCUT2D eigenvalue weighted by atomic mass is 10.3. The van der Waals surface area contributed by atoms with Gasteiger partial charge in [-0.05, 0) is 18.2 Å². The second kappa shape index (κ2) is 8.00. The normalized spacial score (nSPS) is 15.3. The summed E-state index contributed by atoms with van der Waals surface area (Å²) in [7, 11) is -3.78. The highest BCUT2D eigenvalue weighted by Crippen LogP contribution is 2.27. The smallest absolute Gasteiger partial charge is 0.316 e. The molecule has 2 amide bonds. The number of morpholine rings is 1. The first-order chi connectivity index (χ1) is 12.9. The molecule has 2 aromatic rings. The molecule has 27 heavy (non-hydrogen) atoms. The van der Waals surface area contributed by atoms with Gasteiger partial charge in [-0.25, -0.2) is 13.5 Å². The number of sulfonamides is 1. The number of ether oxygens (including phenoxy) is 1. The molecule has 1 fully saturated rings. The first-order valence-electron chi connectivity index (χ1n) is 7.73. The summed E-state index contributed by atoms with van der Waals surface area (Å²) < 4.78 is 31.8. The fourth-order valence-corrected chi connectivity index (χ4v) is 3.91. The monoisotopic (exact) mass is 414 g/mol. The average Bonchev–Trinajstić information content (AvgIpc) is 3.17. The Hall–Kier alpha value is -2.54. The molecular weight excluding hydrogens is 400 g/mol. The number of anilines is 2. The number of carbonyl (C=O) groups excluding carboxylic acids is 2. The molecule has 3 N–H and O–H groups in total. The van der Waals surface area contributed by atoms with Gasteiger partial charge in [0, 0.05) is 13.1 Å². The molecule has 0 unspecified atom stereocenters. The third kappa shape index (κ3) is 4.42. The number of aromatic nitrogens is 3. The van der Waals surface area contributed by atoms with Crippen molar-refractivity contribution in [3.8, 4) is 0 Å². The number of nitrogens with zero attached hydrogens (tertiary/aromatic N) is 3. The van der Waals surface area contributed by atoms with Gasteiger partial charge >= 0.3 is 11.8 Å². The largest absolute Gasteiger partial charge is 0.379 e. The van der Waals surface area contributed by atoms with Crippen molar-refractivity contribution in [3.63, 3.8) is 0 Å². The van der Waals surface area contributed by atoms with Crippen molar-refractivity contribution in [2.75, 3.05) is 36.9 Å². The molecule has 0 radical (unpaired) electrons. The molecule has 13 heteroatoms. The summed E-state index contributed by atoms with van der Waals surface area (Å²) in [5.74, 6) is -2.08. The Morgan fingerprint density at radius 2 is 1.89 bits per heavy atom. The minimum atomic E-state index is -3.78. The minimum absolute atomic E-state index is 0.00936. The molecule has 11 nitrogen and oxygen atoms in total. The number of hydrogen-bond donors (Lipinski definition) is 3. The molecule has 0 atom stereocenters. The molecule has 1 aliphatic rings. The van der Waals surface area contributed by atoms with Crippen LogP contribution < -0.4 is 10.6 Å². The first kappa shape index (κ1) is 19.2. The molecule has 144 valence electrons. The van der Waals surface area contributed by atoms with E-state index in [1.165, 1.54) is 22.5 Å². The lowest BCUT2D eigenvalue weighted by Crippen LogP contribution is -2.40. The molecule has 1 aromatic heterocycles. The highest BCUT2D eigenvalue weighted by Gasteiger charge is 2.27. The zero-order chi connectivity index (χ0) is 19.4. The number of aromatic amines is 1. The van der Waals surface area contributed by atoms with Crippen LogP contribution in [0.5, 0.6) is 0 Å². The van der Waals surface area contributed by atoms with E-state index in [-0.39, 0.29) is 34.6 Å². The van der Waals surface area contributed by atoms with Gasteiger partial charge in [0.1, 0.15) is 6.33 Å². The number of benzene rings is 1. The second-order valence-corrected chi connectivity index (χ2v) is 7.75. The summed E-state index contributed by atoms with van der Waals surface area (Å²) in [5.41, 5.74) is -0.0104. The summed E-state index contributed by atoms with van der Waals surface area (Å²) in [6, 6.07) is 3.86. The third-order valence-corrected chi connectivity index (χ3v) is 5.87. The fraction of sp³-hybridized carbons (Fsp3) is 0.286. The van der Waals surface area contributed by atoms with E-state index in [2.05, 4.69) is 25.8 Å². The zero-order valence-corrected chi connectivity index (χ0v) is 15.4. The van der Waals surface area contributed by atoms with Crippen LogP contribution in [0.1, 0.15) is 0 Å². The molecule has 1 aliphatic heterocycles. The fourth-order valence-electron chi connectivity index (χ4n) is 2.31. The summed E-state index contributed by atoms with van der Waals surface area (Å²) in [6.07, 6.45) is 1.16. The molecule has 0 spiro atoms. The van der Waals surface area contributed by atoms with Crippen LogP contribution in [0.2, 0.25) is 5.02 Å². The van der Waals surface area contributed by atoms with Gasteiger partial charge in [-0.2, -0.15) is 14.4 Å². The standard InChI is InChI=1S/C14H15ClN6O5S/c15-10-2-1-9(27(24,25)21-3-5-26-6-4-21)7-11(10)18-12(22)13(23)19-14-16-8-17-20-14/h1-2,7-8H,3-6H2,(H,18,22)(H2,16,17,19,20,23). The Labute approximate surface area is 159 Å². The number of rotatable bonds is 4. The van der Waals surface area contributed by atoms with E-state index in [9.17, 15) is 18.0 Å². The Balaban J connectivity index is 1.77. The molecule has 2 heterocycles. The number of carbonyl (C=O) groups is 2. The molecule has 1 aromatic carbocycles. The number of hydrogen-bond acceptors (Lipinski definition) is 7. The van der Waals surface area contributed by atoms with E-state index >= 15 is 0 Å². The van der Waals surface area contributed by atoms with Gasteiger partial charge in [-0.3, -0.25) is 14.9 Å². The number of halogens is 1.